The summed E-state index contributed by atoms with van der Waals surface area (Å²) < 4.78 is 22.3. The predicted molar refractivity (Wildman–Crippen MR) is 62.9 cm³/mol. The van der Waals surface area contributed by atoms with E-state index < -0.39 is 11.6 Å². The van der Waals surface area contributed by atoms with Crippen LogP contribution in [0, 0.1) is 0 Å². The Morgan fingerprint density at radius 1 is 1.00 bits per heavy atom. The molecule has 1 aromatic rings. The van der Waals surface area contributed by atoms with Gasteiger partial charge in [0.25, 0.3) is 11.6 Å². The molecule has 0 saturated heterocycles. The van der Waals surface area contributed by atoms with Crippen LogP contribution in [0.2, 0.25) is 0 Å². The highest BCUT2D eigenvalue weighted by molar-refractivity contribution is 5.53. The van der Waals surface area contributed by atoms with Gasteiger partial charge in [-0.15, -0.1) is 0 Å². The lowest BCUT2D eigenvalue weighted by Gasteiger charge is -2.46. The molecule has 0 aliphatic carbocycles. The van der Waals surface area contributed by atoms with Gasteiger partial charge in [0, 0.05) is 39.8 Å². The molecule has 5 heteroatoms. The van der Waals surface area contributed by atoms with E-state index in [-0.39, 0.29) is 0 Å². The van der Waals surface area contributed by atoms with Gasteiger partial charge in [0.15, 0.2) is 11.5 Å². The smallest absolute Gasteiger partial charge is 0.273 e. The lowest BCUT2D eigenvalue weighted by Crippen LogP contribution is -2.62. The molecule has 0 saturated carbocycles. The number of nitrogens with two attached hydrogens (primary N) is 1. The lowest BCUT2D eigenvalue weighted by atomic mass is 10.1. The molecule has 1 aliphatic heterocycles. The highest BCUT2D eigenvalue weighted by Crippen LogP contribution is 2.44. The van der Waals surface area contributed by atoms with Gasteiger partial charge < -0.3 is 24.7 Å². The summed E-state index contributed by atoms with van der Waals surface area (Å²) >= 11 is 0. The van der Waals surface area contributed by atoms with E-state index in [1.807, 2.05) is 0 Å². The third kappa shape index (κ3) is 1.71. The molecule has 2 atom stereocenters. The fourth-order valence-electron chi connectivity index (χ4n) is 1.75. The topological polar surface area (TPSA) is 62.9 Å². The summed E-state index contributed by atoms with van der Waals surface area (Å²) in [6, 6.07) is 5.19. The fourth-order valence-corrected chi connectivity index (χ4v) is 1.75. The molecule has 0 amide bonds. The van der Waals surface area contributed by atoms with Crippen molar-refractivity contribution < 1.29 is 18.9 Å². The average molecular weight is 239 g/mol. The van der Waals surface area contributed by atoms with Crippen LogP contribution in [0.3, 0.4) is 0 Å². The number of methoxy groups -OCH3 is 2. The molecule has 94 valence electrons. The lowest BCUT2D eigenvalue weighted by molar-refractivity contribution is -0.345. The van der Waals surface area contributed by atoms with Crippen LogP contribution in [0.25, 0.3) is 0 Å². The van der Waals surface area contributed by atoms with E-state index in [1.54, 1.807) is 39.2 Å². The summed E-state index contributed by atoms with van der Waals surface area (Å²) in [6.07, 6.45) is 0. The molecular weight excluding hydrogens is 222 g/mol. The molecule has 2 N–H and O–H groups in total. The number of fused-ring (bicyclic) bond motifs is 1. The zero-order valence-electron chi connectivity index (χ0n) is 10.4. The number of benzene rings is 1. The molecule has 0 bridgehead atoms. The van der Waals surface area contributed by atoms with Crippen molar-refractivity contribution in [3.63, 3.8) is 0 Å². The Bertz CT molecular complexity index is 437. The number of ether oxygens (including phenoxy) is 4. The summed E-state index contributed by atoms with van der Waals surface area (Å²) in [6.45, 7) is 3.51. The Morgan fingerprint density at radius 2 is 1.53 bits per heavy atom. The van der Waals surface area contributed by atoms with Gasteiger partial charge in [-0.3, -0.25) is 0 Å². The van der Waals surface area contributed by atoms with Gasteiger partial charge in [-0.25, -0.2) is 0 Å². The minimum atomic E-state index is -1.04. The molecule has 0 spiro atoms. The van der Waals surface area contributed by atoms with Crippen molar-refractivity contribution in [3.8, 4) is 11.5 Å². The summed E-state index contributed by atoms with van der Waals surface area (Å²) in [7, 11) is 3.08. The van der Waals surface area contributed by atoms with Crippen molar-refractivity contribution in [2.24, 2.45) is 0 Å². The zero-order valence-corrected chi connectivity index (χ0v) is 10.4. The Morgan fingerprint density at radius 3 is 2.06 bits per heavy atom. The van der Waals surface area contributed by atoms with Crippen LogP contribution in [0.4, 0.5) is 5.69 Å². The molecular formula is C12H17NO4. The molecule has 1 aliphatic rings. The van der Waals surface area contributed by atoms with Crippen LogP contribution in [0.5, 0.6) is 11.5 Å². The summed E-state index contributed by atoms with van der Waals surface area (Å²) in [5.41, 5.74) is 6.31. The maximum absolute atomic E-state index is 5.80. The quantitative estimate of drug-likeness (QED) is 0.797. The second-order valence-corrected chi connectivity index (χ2v) is 4.21. The normalized spacial score (nSPS) is 31.3. The first kappa shape index (κ1) is 12.0. The SMILES string of the molecule is COC1(C)Oc2cc(N)ccc2O[C@@]1(C)OC. The van der Waals surface area contributed by atoms with Crippen LogP contribution in [0.1, 0.15) is 13.8 Å². The molecule has 17 heavy (non-hydrogen) atoms. The van der Waals surface area contributed by atoms with Crippen LogP contribution in [-0.4, -0.2) is 25.8 Å². The van der Waals surface area contributed by atoms with Gasteiger partial charge in [-0.2, -0.15) is 0 Å². The van der Waals surface area contributed by atoms with Gasteiger partial charge in [0.2, 0.25) is 0 Å². The number of nitrogen functional groups attached to an aromatic ring is 1. The van der Waals surface area contributed by atoms with Crippen LogP contribution < -0.4 is 15.2 Å². The Kier molecular flexibility index (Phi) is 2.67. The van der Waals surface area contributed by atoms with Gasteiger partial charge in [0.1, 0.15) is 0 Å². The fraction of sp³-hybridized carbons (Fsp3) is 0.500. The average Bonchev–Trinajstić information content (AvgIpc) is 2.31. The summed E-state index contributed by atoms with van der Waals surface area (Å²) in [5, 5.41) is 0. The van der Waals surface area contributed by atoms with E-state index in [1.165, 1.54) is 7.11 Å². The van der Waals surface area contributed by atoms with Gasteiger partial charge in [-0.1, -0.05) is 0 Å². The summed E-state index contributed by atoms with van der Waals surface area (Å²) in [5.74, 6) is -0.935. The van der Waals surface area contributed by atoms with Crippen LogP contribution in [-0.2, 0) is 9.47 Å². The highest BCUT2D eigenvalue weighted by Gasteiger charge is 2.54. The van der Waals surface area contributed by atoms with Crippen LogP contribution in [0.15, 0.2) is 18.2 Å². The second-order valence-electron chi connectivity index (χ2n) is 4.21. The first-order chi connectivity index (χ1) is 7.94. The van der Waals surface area contributed by atoms with Crippen LogP contribution >= 0.6 is 0 Å². The number of anilines is 1. The van der Waals surface area contributed by atoms with Gasteiger partial charge in [-0.05, 0) is 12.1 Å². The number of hydrogen-bond donors (Lipinski definition) is 1. The molecule has 1 aromatic carbocycles. The molecule has 5 nitrogen and oxygen atoms in total. The van der Waals surface area contributed by atoms with E-state index >= 15 is 0 Å². The van der Waals surface area contributed by atoms with E-state index in [9.17, 15) is 0 Å². The molecule has 0 aromatic heterocycles. The van der Waals surface area contributed by atoms with Crippen molar-refractivity contribution in [3.05, 3.63) is 18.2 Å². The molecule has 0 radical (unpaired) electrons. The van der Waals surface area contributed by atoms with Crippen molar-refractivity contribution >= 4 is 5.69 Å². The first-order valence-corrected chi connectivity index (χ1v) is 5.32. The predicted octanol–water partition coefficient (Wildman–Crippen LogP) is 1.77. The molecule has 0 fully saturated rings. The molecule has 2 rings (SSSR count). The standard InChI is InChI=1S/C12H17NO4/c1-11(14-3)12(2,15-4)17-10-7-8(13)5-6-9(10)16-11/h5-7H,13H2,1-4H3/t11-,12?/m1/s1. The Labute approximate surface area is 100 Å². The molecule has 1 unspecified atom stereocenters. The summed E-state index contributed by atoms with van der Waals surface area (Å²) in [4.78, 5) is 0. The first-order valence-electron chi connectivity index (χ1n) is 5.32. The van der Waals surface area contributed by atoms with Crippen molar-refractivity contribution in [2.45, 2.75) is 25.4 Å². The minimum absolute atomic E-state index is 0.545. The number of hydrogen-bond acceptors (Lipinski definition) is 5. The van der Waals surface area contributed by atoms with E-state index in [0.717, 1.165) is 0 Å². The van der Waals surface area contributed by atoms with Gasteiger partial charge in [0.05, 0.1) is 0 Å². The van der Waals surface area contributed by atoms with Crippen molar-refractivity contribution in [2.75, 3.05) is 20.0 Å². The van der Waals surface area contributed by atoms with Crippen molar-refractivity contribution in [1.82, 2.24) is 0 Å². The zero-order chi connectivity index (χ0) is 12.7. The maximum atomic E-state index is 5.80. The highest BCUT2D eigenvalue weighted by atomic mass is 16.8. The van der Waals surface area contributed by atoms with E-state index in [0.29, 0.717) is 17.2 Å². The third-order valence-corrected chi connectivity index (χ3v) is 3.18. The minimum Gasteiger partial charge on any atom is -0.452 e. The second kappa shape index (κ2) is 3.78. The Hall–Kier alpha value is -1.46. The number of rotatable bonds is 2. The third-order valence-electron chi connectivity index (χ3n) is 3.18. The van der Waals surface area contributed by atoms with E-state index in [4.69, 9.17) is 24.7 Å². The maximum Gasteiger partial charge on any atom is 0.273 e. The molecule has 1 heterocycles. The van der Waals surface area contributed by atoms with Crippen molar-refractivity contribution in [1.29, 1.82) is 0 Å². The Balaban J connectivity index is 2.47. The van der Waals surface area contributed by atoms with Gasteiger partial charge >= 0.3 is 0 Å². The van der Waals surface area contributed by atoms with E-state index in [2.05, 4.69) is 0 Å². The monoisotopic (exact) mass is 239 g/mol. The largest absolute Gasteiger partial charge is 0.452 e.